The van der Waals surface area contributed by atoms with Crippen molar-refractivity contribution in [1.29, 1.82) is 0 Å². The topological polar surface area (TPSA) is 72.8 Å². The molecular weight excluding hydrogens is 572 g/mol. The van der Waals surface area contributed by atoms with Crippen LogP contribution in [0.5, 0.6) is 0 Å². The normalized spacial score (nSPS) is 13.0. The third-order valence-electron chi connectivity index (χ3n) is 7.48. The summed E-state index contributed by atoms with van der Waals surface area (Å²) >= 11 is 0. The second-order valence-electron chi connectivity index (χ2n) is 11.9. The number of ether oxygens (including phenoxy) is 2. The van der Waals surface area contributed by atoms with Crippen LogP contribution < -0.4 is 0 Å². The van der Waals surface area contributed by atoms with Gasteiger partial charge < -0.3 is 14.6 Å². The van der Waals surface area contributed by atoms with Gasteiger partial charge in [-0.15, -0.1) is 0 Å². The Morgan fingerprint density at radius 2 is 0.957 bits per heavy atom. The van der Waals surface area contributed by atoms with E-state index in [1.165, 1.54) is 64.2 Å². The highest BCUT2D eigenvalue weighted by molar-refractivity contribution is 5.70. The second kappa shape index (κ2) is 36.8. The standard InChI is InChI=1S/C41H68O5/c1-3-5-7-9-11-13-15-17-19-20-22-24-26-28-30-32-34-36-41(44)46-39(37-42)38-45-40(43)35-33-31-29-27-25-23-21-18-16-14-12-10-8-6-4-2/h5,7,11,13-14,16-17,19,22,24,28,30,39,42H,3-4,6,8-10,12,15,18,20-21,23,25-27,29,31-38H2,1-2H3/t39-/m0/s1. The summed E-state index contributed by atoms with van der Waals surface area (Å²) < 4.78 is 10.5. The minimum atomic E-state index is -0.805. The first-order valence-corrected chi connectivity index (χ1v) is 18.5. The molecule has 0 aromatic carbocycles. The third kappa shape index (κ3) is 34.2. The summed E-state index contributed by atoms with van der Waals surface area (Å²) in [6.07, 6.45) is 48.2. The van der Waals surface area contributed by atoms with Gasteiger partial charge in [0.2, 0.25) is 0 Å². The van der Waals surface area contributed by atoms with Gasteiger partial charge in [0, 0.05) is 12.8 Å². The molecule has 0 aliphatic carbocycles. The fraction of sp³-hybridized carbons (Fsp3) is 0.659. The van der Waals surface area contributed by atoms with Crippen molar-refractivity contribution in [2.75, 3.05) is 13.2 Å². The molecule has 1 atom stereocenters. The molecular formula is C41H68O5. The van der Waals surface area contributed by atoms with Gasteiger partial charge in [0.1, 0.15) is 6.61 Å². The van der Waals surface area contributed by atoms with E-state index in [9.17, 15) is 14.7 Å². The van der Waals surface area contributed by atoms with Crippen LogP contribution in [0.1, 0.15) is 155 Å². The fourth-order valence-corrected chi connectivity index (χ4v) is 4.70. The smallest absolute Gasteiger partial charge is 0.306 e. The van der Waals surface area contributed by atoms with Gasteiger partial charge in [0.25, 0.3) is 0 Å². The Morgan fingerprint density at radius 3 is 1.50 bits per heavy atom. The van der Waals surface area contributed by atoms with Crippen molar-refractivity contribution < 1.29 is 24.2 Å². The second-order valence-corrected chi connectivity index (χ2v) is 11.9. The zero-order valence-corrected chi connectivity index (χ0v) is 29.6. The van der Waals surface area contributed by atoms with Crippen molar-refractivity contribution in [1.82, 2.24) is 0 Å². The Morgan fingerprint density at radius 1 is 0.522 bits per heavy atom. The highest BCUT2D eigenvalue weighted by Gasteiger charge is 2.15. The molecule has 0 spiro atoms. The van der Waals surface area contributed by atoms with Crippen LogP contribution in [0, 0.1) is 0 Å². The molecule has 0 unspecified atom stereocenters. The predicted molar refractivity (Wildman–Crippen MR) is 196 cm³/mol. The first-order chi connectivity index (χ1) is 22.6. The number of aliphatic hydroxyl groups is 1. The molecule has 0 heterocycles. The van der Waals surface area contributed by atoms with Crippen molar-refractivity contribution in [3.8, 4) is 0 Å². The number of allylic oxidation sites excluding steroid dienone is 12. The van der Waals surface area contributed by atoms with Crippen LogP contribution in [0.25, 0.3) is 0 Å². The molecule has 0 aromatic heterocycles. The van der Waals surface area contributed by atoms with Crippen LogP contribution in [0.3, 0.4) is 0 Å². The van der Waals surface area contributed by atoms with Gasteiger partial charge in [-0.2, -0.15) is 0 Å². The van der Waals surface area contributed by atoms with Gasteiger partial charge in [0.15, 0.2) is 6.10 Å². The Kier molecular flexibility index (Phi) is 34.7. The number of carbonyl (C=O) groups excluding carboxylic acids is 2. The van der Waals surface area contributed by atoms with E-state index in [0.29, 0.717) is 12.8 Å². The molecule has 262 valence electrons. The maximum absolute atomic E-state index is 12.1. The quantitative estimate of drug-likeness (QED) is 0.0450. The van der Waals surface area contributed by atoms with Crippen molar-refractivity contribution in [3.63, 3.8) is 0 Å². The van der Waals surface area contributed by atoms with Crippen LogP contribution in [0.4, 0.5) is 0 Å². The number of rotatable bonds is 32. The van der Waals surface area contributed by atoms with Crippen LogP contribution in [0.2, 0.25) is 0 Å². The molecule has 0 bridgehead atoms. The summed E-state index contributed by atoms with van der Waals surface area (Å²) in [7, 11) is 0. The number of aliphatic hydroxyl groups excluding tert-OH is 1. The zero-order valence-electron chi connectivity index (χ0n) is 29.6. The molecule has 0 amide bonds. The van der Waals surface area contributed by atoms with Gasteiger partial charge in [-0.3, -0.25) is 9.59 Å². The van der Waals surface area contributed by atoms with E-state index in [-0.39, 0.29) is 31.6 Å². The molecule has 0 aliphatic heterocycles. The molecule has 0 radical (unpaired) electrons. The van der Waals surface area contributed by atoms with E-state index in [2.05, 4.69) is 86.8 Å². The van der Waals surface area contributed by atoms with Crippen molar-refractivity contribution in [2.24, 2.45) is 0 Å². The zero-order chi connectivity index (χ0) is 33.6. The van der Waals surface area contributed by atoms with E-state index in [1.54, 1.807) is 0 Å². The summed E-state index contributed by atoms with van der Waals surface area (Å²) in [4.78, 5) is 24.2. The van der Waals surface area contributed by atoms with E-state index in [4.69, 9.17) is 9.47 Å². The fourth-order valence-electron chi connectivity index (χ4n) is 4.70. The molecule has 0 fully saturated rings. The first-order valence-electron chi connectivity index (χ1n) is 18.5. The summed E-state index contributed by atoms with van der Waals surface area (Å²) in [5, 5.41) is 9.53. The molecule has 5 nitrogen and oxygen atoms in total. The minimum Gasteiger partial charge on any atom is -0.462 e. The number of unbranched alkanes of at least 4 members (excludes halogenated alkanes) is 12. The van der Waals surface area contributed by atoms with Crippen molar-refractivity contribution >= 4 is 11.9 Å². The van der Waals surface area contributed by atoms with Gasteiger partial charge >= 0.3 is 11.9 Å². The Bertz CT molecular complexity index is 864. The molecule has 0 aliphatic rings. The lowest BCUT2D eigenvalue weighted by Gasteiger charge is -2.15. The number of carbonyl (C=O) groups is 2. The Balaban J connectivity index is 3.70. The molecule has 46 heavy (non-hydrogen) atoms. The maximum Gasteiger partial charge on any atom is 0.306 e. The average molecular weight is 641 g/mol. The van der Waals surface area contributed by atoms with Gasteiger partial charge in [0.05, 0.1) is 6.61 Å². The van der Waals surface area contributed by atoms with Crippen molar-refractivity contribution in [2.45, 2.75) is 161 Å². The van der Waals surface area contributed by atoms with Crippen LogP contribution in [-0.4, -0.2) is 36.4 Å². The summed E-state index contributed by atoms with van der Waals surface area (Å²) in [5.41, 5.74) is 0. The summed E-state index contributed by atoms with van der Waals surface area (Å²) in [5.74, 6) is -0.671. The van der Waals surface area contributed by atoms with E-state index >= 15 is 0 Å². The largest absolute Gasteiger partial charge is 0.462 e. The van der Waals surface area contributed by atoms with Gasteiger partial charge in [-0.05, 0) is 77.0 Å². The number of hydrogen-bond acceptors (Lipinski definition) is 5. The number of esters is 2. The van der Waals surface area contributed by atoms with Gasteiger partial charge in [-0.25, -0.2) is 0 Å². The monoisotopic (exact) mass is 641 g/mol. The third-order valence-corrected chi connectivity index (χ3v) is 7.48. The lowest BCUT2D eigenvalue weighted by Crippen LogP contribution is -2.28. The molecule has 0 rings (SSSR count). The van der Waals surface area contributed by atoms with Crippen LogP contribution in [-0.2, 0) is 19.1 Å². The SMILES string of the molecule is CCC=CCC=CCC=CCC=CCC=CCCCC(=O)O[C@@H](CO)COC(=O)CCCCCCCCCC=CCCCCCC. The predicted octanol–water partition coefficient (Wildman–Crippen LogP) is 11.4. The van der Waals surface area contributed by atoms with Gasteiger partial charge in [-0.1, -0.05) is 138 Å². The lowest BCUT2D eigenvalue weighted by atomic mass is 10.1. The van der Waals surface area contributed by atoms with Crippen molar-refractivity contribution in [3.05, 3.63) is 72.9 Å². The highest BCUT2D eigenvalue weighted by Crippen LogP contribution is 2.11. The minimum absolute atomic E-state index is 0.0942. The van der Waals surface area contributed by atoms with E-state index < -0.39 is 6.10 Å². The maximum atomic E-state index is 12.1. The van der Waals surface area contributed by atoms with Crippen LogP contribution in [0.15, 0.2) is 72.9 Å². The molecule has 0 aromatic rings. The average Bonchev–Trinajstić information content (AvgIpc) is 3.06. The summed E-state index contributed by atoms with van der Waals surface area (Å²) in [6.45, 7) is 3.94. The molecule has 0 saturated heterocycles. The molecule has 0 saturated carbocycles. The molecule has 5 heteroatoms. The Labute approximate surface area is 283 Å². The Hall–Kier alpha value is -2.66. The lowest BCUT2D eigenvalue weighted by molar-refractivity contribution is -0.161. The first kappa shape index (κ1) is 43.3. The summed E-state index contributed by atoms with van der Waals surface area (Å²) in [6, 6.07) is 0. The van der Waals surface area contributed by atoms with E-state index in [0.717, 1.165) is 57.8 Å². The van der Waals surface area contributed by atoms with E-state index in [1.807, 2.05) is 0 Å². The highest BCUT2D eigenvalue weighted by atomic mass is 16.6. The number of hydrogen-bond donors (Lipinski definition) is 1. The molecule has 1 N–H and O–H groups in total. The van der Waals surface area contributed by atoms with Crippen LogP contribution >= 0.6 is 0 Å².